The standard InChI is InChI=1S/C10H16N5O14P3.Mg/c11-10-13-7-4(8(18)14-10)12-2-15(7)9-6(17)5(16)3(27-9)1-26-31(22,23)29-32(24,25)28-30(19,20)21;/h2-3,5-6,9,16-17H,1H2,(H,22,23)(H,24,25)(H2,19,20,21)(H3,11,13,14,18);. The molecule has 2 aromatic heterocycles. The van der Waals surface area contributed by atoms with E-state index >= 15 is 0 Å². The zero-order chi connectivity index (χ0) is 24.1. The summed E-state index contributed by atoms with van der Waals surface area (Å²) >= 11 is 0. The third-order valence-electron chi connectivity index (χ3n) is 3.88. The lowest BCUT2D eigenvalue weighted by Gasteiger charge is -2.19. The molecule has 1 saturated heterocycles. The fourth-order valence-electron chi connectivity index (χ4n) is 2.70. The Hall–Kier alpha value is -0.794. The van der Waals surface area contributed by atoms with Crippen molar-refractivity contribution in [3.63, 3.8) is 0 Å². The van der Waals surface area contributed by atoms with E-state index in [9.17, 15) is 33.6 Å². The summed E-state index contributed by atoms with van der Waals surface area (Å²) in [6.07, 6.45) is -5.33. The molecule has 0 bridgehead atoms. The van der Waals surface area contributed by atoms with Crippen molar-refractivity contribution in [3.05, 3.63) is 16.7 Å². The van der Waals surface area contributed by atoms with Gasteiger partial charge >= 0.3 is 23.5 Å². The number of fused-ring (bicyclic) bond motifs is 1. The summed E-state index contributed by atoms with van der Waals surface area (Å²) in [5.74, 6) is -0.276. The maximum atomic E-state index is 11.9. The first kappa shape index (κ1) is 28.4. The van der Waals surface area contributed by atoms with E-state index in [2.05, 4.69) is 28.1 Å². The van der Waals surface area contributed by atoms with Gasteiger partial charge in [0.2, 0.25) is 5.95 Å². The Morgan fingerprint density at radius 3 is 2.36 bits per heavy atom. The lowest BCUT2D eigenvalue weighted by Crippen LogP contribution is -2.33. The van der Waals surface area contributed by atoms with Gasteiger partial charge in [-0.1, -0.05) is 0 Å². The zero-order valence-corrected chi connectivity index (χ0v) is 20.1. The van der Waals surface area contributed by atoms with Gasteiger partial charge in [0, 0.05) is 23.1 Å². The number of anilines is 1. The molecule has 0 aromatic carbocycles. The summed E-state index contributed by atoms with van der Waals surface area (Å²) in [7, 11) is -16.8. The van der Waals surface area contributed by atoms with Gasteiger partial charge in [-0.3, -0.25) is 18.9 Å². The number of imidazole rings is 1. The Kier molecular flexibility index (Phi) is 8.67. The summed E-state index contributed by atoms with van der Waals surface area (Å²) in [6, 6.07) is 0. The van der Waals surface area contributed by atoms with Gasteiger partial charge in [0.1, 0.15) is 18.3 Å². The Balaban J connectivity index is 0.00000385. The topological polar surface area (TPSA) is 299 Å². The minimum absolute atomic E-state index is 0. The van der Waals surface area contributed by atoms with Crippen LogP contribution in [0.15, 0.2) is 11.1 Å². The summed E-state index contributed by atoms with van der Waals surface area (Å²) in [5.41, 5.74) is 4.50. The Morgan fingerprint density at radius 2 is 1.76 bits per heavy atom. The van der Waals surface area contributed by atoms with Crippen LogP contribution in [0.4, 0.5) is 5.95 Å². The Morgan fingerprint density at radius 1 is 1.12 bits per heavy atom. The molecule has 9 N–H and O–H groups in total. The minimum Gasteiger partial charge on any atom is -0.387 e. The molecule has 1 fully saturated rings. The van der Waals surface area contributed by atoms with E-state index < -0.39 is 60.2 Å². The quantitative estimate of drug-likeness (QED) is 0.123. The van der Waals surface area contributed by atoms with Crippen LogP contribution >= 0.6 is 23.5 Å². The van der Waals surface area contributed by atoms with Crippen molar-refractivity contribution in [2.75, 3.05) is 12.3 Å². The van der Waals surface area contributed by atoms with E-state index in [-0.39, 0.29) is 40.2 Å². The third-order valence-corrected chi connectivity index (χ3v) is 7.68. The highest BCUT2D eigenvalue weighted by Crippen LogP contribution is 2.66. The smallest absolute Gasteiger partial charge is 0.387 e. The van der Waals surface area contributed by atoms with Gasteiger partial charge in [-0.05, 0) is 0 Å². The van der Waals surface area contributed by atoms with Crippen LogP contribution in [0.25, 0.3) is 11.2 Å². The number of nitrogen functional groups attached to an aromatic ring is 1. The van der Waals surface area contributed by atoms with Gasteiger partial charge in [-0.15, -0.1) is 0 Å². The largest absolute Gasteiger partial charge is 0.490 e. The molecule has 0 saturated carbocycles. The van der Waals surface area contributed by atoms with Crippen molar-refractivity contribution >= 4 is 63.6 Å². The van der Waals surface area contributed by atoms with Crippen LogP contribution in [0.2, 0.25) is 0 Å². The van der Waals surface area contributed by atoms with Gasteiger partial charge in [0.15, 0.2) is 17.4 Å². The van der Waals surface area contributed by atoms with Crippen molar-refractivity contribution in [1.29, 1.82) is 0 Å². The lowest BCUT2D eigenvalue weighted by molar-refractivity contribution is -0.0503. The SMILES string of the molecule is Nc1nc2c(ncn2C2OC(COP(=O)(O)OP(=O)(O)OP(=O)(O)O)C(O)C2O)c(=O)[nH]1.[Mg]. The highest BCUT2D eigenvalue weighted by Gasteiger charge is 2.47. The second-order valence-corrected chi connectivity index (χ2v) is 10.6. The van der Waals surface area contributed by atoms with Gasteiger partial charge < -0.3 is 40.3 Å². The highest BCUT2D eigenvalue weighted by atomic mass is 31.3. The molecule has 19 nitrogen and oxygen atoms in total. The molecule has 6 unspecified atom stereocenters. The molecule has 1 aliphatic heterocycles. The molecule has 3 heterocycles. The van der Waals surface area contributed by atoms with Crippen molar-refractivity contribution < 1.29 is 61.4 Å². The molecule has 2 radical (unpaired) electrons. The van der Waals surface area contributed by atoms with Crippen LogP contribution in [0.1, 0.15) is 6.23 Å². The van der Waals surface area contributed by atoms with E-state index in [1.807, 2.05) is 0 Å². The highest BCUT2D eigenvalue weighted by molar-refractivity contribution is 7.66. The molecule has 3 rings (SSSR count). The summed E-state index contributed by atoms with van der Waals surface area (Å²) < 4.78 is 51.6. The fraction of sp³-hybridized carbons (Fsp3) is 0.500. The lowest BCUT2D eigenvalue weighted by atomic mass is 10.1. The maximum Gasteiger partial charge on any atom is 0.490 e. The normalized spacial score (nSPS) is 27.1. The predicted molar refractivity (Wildman–Crippen MR) is 104 cm³/mol. The number of aliphatic hydroxyl groups excluding tert-OH is 2. The van der Waals surface area contributed by atoms with E-state index in [1.54, 1.807) is 0 Å². The van der Waals surface area contributed by atoms with Crippen molar-refractivity contribution in [3.8, 4) is 0 Å². The number of phosphoric acid groups is 3. The second-order valence-electron chi connectivity index (χ2n) is 6.21. The summed E-state index contributed by atoms with van der Waals surface area (Å²) in [6.45, 7) is -1.01. The predicted octanol–water partition coefficient (Wildman–Crippen LogP) is -2.72. The number of hydrogen-bond acceptors (Lipinski definition) is 13. The number of ether oxygens (including phenoxy) is 1. The molecule has 23 heteroatoms. The fourth-order valence-corrected chi connectivity index (χ4v) is 5.73. The Labute approximate surface area is 198 Å². The van der Waals surface area contributed by atoms with Crippen molar-refractivity contribution in [1.82, 2.24) is 19.5 Å². The number of aromatic nitrogens is 4. The van der Waals surface area contributed by atoms with Crippen molar-refractivity contribution in [2.24, 2.45) is 0 Å². The van der Waals surface area contributed by atoms with Crippen LogP contribution in [0, 0.1) is 0 Å². The van der Waals surface area contributed by atoms with Crippen LogP contribution in [-0.2, 0) is 31.6 Å². The first-order valence-electron chi connectivity index (χ1n) is 8.11. The number of aromatic amines is 1. The monoisotopic (exact) mass is 547 g/mol. The number of rotatable bonds is 8. The van der Waals surface area contributed by atoms with E-state index in [0.29, 0.717) is 0 Å². The average molecular weight is 547 g/mol. The number of nitrogens with two attached hydrogens (primary N) is 1. The van der Waals surface area contributed by atoms with Gasteiger partial charge in [0.25, 0.3) is 5.56 Å². The number of hydrogen-bond donors (Lipinski definition) is 8. The minimum atomic E-state index is -5.73. The number of aliphatic hydroxyl groups is 2. The van der Waals surface area contributed by atoms with E-state index in [4.69, 9.17) is 25.2 Å². The Bertz CT molecular complexity index is 1210. The average Bonchev–Trinajstić information content (AvgIpc) is 3.12. The summed E-state index contributed by atoms with van der Waals surface area (Å²) in [4.78, 5) is 57.3. The number of nitrogens with one attached hydrogen (secondary N) is 1. The van der Waals surface area contributed by atoms with Crippen LogP contribution in [0.3, 0.4) is 0 Å². The molecule has 33 heavy (non-hydrogen) atoms. The molecule has 0 aliphatic carbocycles. The first-order valence-corrected chi connectivity index (χ1v) is 12.6. The van der Waals surface area contributed by atoms with Gasteiger partial charge in [-0.25, -0.2) is 18.7 Å². The molecule has 0 spiro atoms. The maximum absolute atomic E-state index is 11.9. The number of nitrogens with zero attached hydrogens (tertiary/aromatic N) is 3. The van der Waals surface area contributed by atoms with Crippen LogP contribution in [-0.4, -0.2) is 97.3 Å². The molecule has 6 atom stereocenters. The number of H-pyrrole nitrogens is 1. The summed E-state index contributed by atoms with van der Waals surface area (Å²) in [5, 5.41) is 20.4. The zero-order valence-electron chi connectivity index (χ0n) is 16.0. The number of phosphoric ester groups is 1. The second kappa shape index (κ2) is 10.1. The molecule has 0 amide bonds. The van der Waals surface area contributed by atoms with Crippen LogP contribution < -0.4 is 11.3 Å². The van der Waals surface area contributed by atoms with Gasteiger partial charge in [-0.2, -0.15) is 13.6 Å². The molecule has 182 valence electrons. The molecular weight excluding hydrogens is 531 g/mol. The van der Waals surface area contributed by atoms with Crippen LogP contribution in [0.5, 0.6) is 0 Å². The van der Waals surface area contributed by atoms with E-state index in [1.165, 1.54) is 0 Å². The molecule has 1 aliphatic rings. The van der Waals surface area contributed by atoms with Gasteiger partial charge in [0.05, 0.1) is 12.9 Å². The molecular formula is C10H16MgN5O14P3. The third kappa shape index (κ3) is 6.88. The first-order chi connectivity index (χ1) is 14.6. The molecule has 2 aromatic rings. The van der Waals surface area contributed by atoms with E-state index in [0.717, 1.165) is 10.9 Å². The van der Waals surface area contributed by atoms with Crippen molar-refractivity contribution in [2.45, 2.75) is 24.5 Å².